The van der Waals surface area contributed by atoms with Crippen LogP contribution >= 0.6 is 15.9 Å². The third-order valence-electron chi connectivity index (χ3n) is 3.86. The maximum atomic E-state index is 11.7. The van der Waals surface area contributed by atoms with Crippen LogP contribution in [0.4, 0.5) is 0 Å². The van der Waals surface area contributed by atoms with Crippen LogP contribution in [0.25, 0.3) is 11.1 Å². The molecule has 0 amide bonds. The first-order valence-electron chi connectivity index (χ1n) is 7.33. The summed E-state index contributed by atoms with van der Waals surface area (Å²) in [7, 11) is 0. The fourth-order valence-electron chi connectivity index (χ4n) is 2.56. The van der Waals surface area contributed by atoms with E-state index in [1.807, 2.05) is 13.0 Å². The van der Waals surface area contributed by atoms with Crippen molar-refractivity contribution in [1.82, 2.24) is 0 Å². The van der Waals surface area contributed by atoms with Crippen LogP contribution in [-0.2, 0) is 9.53 Å². The van der Waals surface area contributed by atoms with Crippen molar-refractivity contribution >= 4 is 41.3 Å². The van der Waals surface area contributed by atoms with Crippen molar-refractivity contribution in [3.8, 4) is 11.1 Å². The molecule has 0 spiro atoms. The Morgan fingerprint density at radius 2 is 1.86 bits per heavy atom. The molecule has 1 heterocycles. The van der Waals surface area contributed by atoms with E-state index in [-0.39, 0.29) is 11.9 Å². The summed E-state index contributed by atoms with van der Waals surface area (Å²) in [5, 5.41) is 0. The Bertz CT molecular complexity index is 686. The SMILES string of the molecule is CC1C(=O)OCCC1[Se]c1cccc(-c2cccc(Br)c2)c1. The van der Waals surface area contributed by atoms with Gasteiger partial charge in [0, 0.05) is 0 Å². The number of esters is 1. The van der Waals surface area contributed by atoms with E-state index in [1.54, 1.807) is 0 Å². The molecule has 1 aliphatic rings. The standard InChI is InChI=1S/C18H17BrO2Se/c1-12-17(8-9-21-18(12)20)22-16-7-3-5-14(11-16)13-4-2-6-15(19)10-13/h2-7,10-12,17H,8-9H2,1H3. The fraction of sp³-hybridized carbons (Fsp3) is 0.278. The molecule has 1 aliphatic heterocycles. The predicted octanol–water partition coefficient (Wildman–Crippen LogP) is 3.82. The average molecular weight is 424 g/mol. The monoisotopic (exact) mass is 424 g/mol. The molecule has 3 rings (SSSR count). The third kappa shape index (κ3) is 3.62. The first-order chi connectivity index (χ1) is 10.6. The Morgan fingerprint density at radius 1 is 1.14 bits per heavy atom. The van der Waals surface area contributed by atoms with Crippen molar-refractivity contribution in [2.24, 2.45) is 5.92 Å². The Labute approximate surface area is 145 Å². The summed E-state index contributed by atoms with van der Waals surface area (Å²) in [4.78, 5) is 12.1. The van der Waals surface area contributed by atoms with Crippen molar-refractivity contribution in [1.29, 1.82) is 0 Å². The topological polar surface area (TPSA) is 26.3 Å². The number of hydrogen-bond donors (Lipinski definition) is 0. The quantitative estimate of drug-likeness (QED) is 0.554. The number of hydrogen-bond acceptors (Lipinski definition) is 2. The molecule has 0 aliphatic carbocycles. The van der Waals surface area contributed by atoms with Gasteiger partial charge in [0.2, 0.25) is 0 Å². The number of rotatable bonds is 3. The van der Waals surface area contributed by atoms with Crippen LogP contribution < -0.4 is 4.46 Å². The molecule has 1 saturated heterocycles. The molecule has 0 bridgehead atoms. The summed E-state index contributed by atoms with van der Waals surface area (Å²) in [6, 6.07) is 17.0. The first kappa shape index (κ1) is 15.8. The molecular formula is C18H17BrO2Se. The number of benzene rings is 2. The van der Waals surface area contributed by atoms with Gasteiger partial charge in [-0.1, -0.05) is 0 Å². The van der Waals surface area contributed by atoms with Gasteiger partial charge in [-0.15, -0.1) is 0 Å². The molecule has 1 fully saturated rings. The van der Waals surface area contributed by atoms with E-state index < -0.39 is 0 Å². The molecule has 2 unspecified atom stereocenters. The summed E-state index contributed by atoms with van der Waals surface area (Å²) in [5.41, 5.74) is 2.44. The van der Waals surface area contributed by atoms with Crippen molar-refractivity contribution in [2.45, 2.75) is 18.2 Å². The van der Waals surface area contributed by atoms with Crippen LogP contribution in [0.5, 0.6) is 0 Å². The number of halogens is 1. The molecule has 2 aromatic carbocycles. The van der Waals surface area contributed by atoms with E-state index in [4.69, 9.17) is 4.74 Å². The van der Waals surface area contributed by atoms with Crippen LogP contribution in [0, 0.1) is 5.92 Å². The van der Waals surface area contributed by atoms with Gasteiger partial charge in [-0.2, -0.15) is 0 Å². The summed E-state index contributed by atoms with van der Waals surface area (Å²) in [6.07, 6.45) is 0.980. The van der Waals surface area contributed by atoms with Crippen LogP contribution in [0.2, 0.25) is 4.82 Å². The van der Waals surface area contributed by atoms with E-state index in [2.05, 4.69) is 58.4 Å². The molecule has 2 atom stereocenters. The molecule has 4 heteroatoms. The third-order valence-corrected chi connectivity index (χ3v) is 7.44. The van der Waals surface area contributed by atoms with Crippen molar-refractivity contribution in [3.63, 3.8) is 0 Å². The number of carbonyl (C=O) groups is 1. The molecule has 2 aromatic rings. The summed E-state index contributed by atoms with van der Waals surface area (Å²) in [6.45, 7) is 2.56. The predicted molar refractivity (Wildman–Crippen MR) is 93.5 cm³/mol. The number of carbonyl (C=O) groups excluding carboxylic acids is 1. The maximum absolute atomic E-state index is 11.7. The molecule has 114 valence electrons. The summed E-state index contributed by atoms with van der Waals surface area (Å²) < 4.78 is 7.56. The molecule has 2 nitrogen and oxygen atoms in total. The van der Waals surface area contributed by atoms with E-state index in [9.17, 15) is 4.79 Å². The fourth-order valence-corrected chi connectivity index (χ4v) is 5.54. The Hall–Kier alpha value is -1.09. The molecule has 22 heavy (non-hydrogen) atoms. The van der Waals surface area contributed by atoms with Crippen LogP contribution in [0.15, 0.2) is 53.0 Å². The zero-order chi connectivity index (χ0) is 15.5. The zero-order valence-corrected chi connectivity index (χ0v) is 15.6. The van der Waals surface area contributed by atoms with E-state index in [1.165, 1.54) is 15.6 Å². The zero-order valence-electron chi connectivity index (χ0n) is 12.3. The van der Waals surface area contributed by atoms with Gasteiger partial charge in [0.1, 0.15) is 0 Å². The van der Waals surface area contributed by atoms with Crippen molar-refractivity contribution in [3.05, 3.63) is 53.0 Å². The molecule has 0 aromatic heterocycles. The average Bonchev–Trinajstić information content (AvgIpc) is 2.52. The first-order valence-corrected chi connectivity index (χ1v) is 9.96. The van der Waals surface area contributed by atoms with Gasteiger partial charge < -0.3 is 0 Å². The van der Waals surface area contributed by atoms with Crippen molar-refractivity contribution < 1.29 is 9.53 Å². The second-order valence-corrected chi connectivity index (χ2v) is 9.11. The Balaban J connectivity index is 1.81. The normalized spacial score (nSPS) is 21.5. The van der Waals surface area contributed by atoms with Gasteiger partial charge in [-0.25, -0.2) is 0 Å². The summed E-state index contributed by atoms with van der Waals surface area (Å²) >= 11 is 3.82. The van der Waals surface area contributed by atoms with E-state index >= 15 is 0 Å². The van der Waals surface area contributed by atoms with Gasteiger partial charge in [-0.3, -0.25) is 0 Å². The second-order valence-electron chi connectivity index (χ2n) is 5.44. The van der Waals surface area contributed by atoms with E-state index in [0.717, 1.165) is 10.9 Å². The van der Waals surface area contributed by atoms with Gasteiger partial charge in [0.25, 0.3) is 0 Å². The van der Waals surface area contributed by atoms with Gasteiger partial charge in [-0.05, 0) is 0 Å². The van der Waals surface area contributed by atoms with Gasteiger partial charge in [0.05, 0.1) is 0 Å². The van der Waals surface area contributed by atoms with Gasteiger partial charge >= 0.3 is 146 Å². The van der Waals surface area contributed by atoms with Crippen LogP contribution in [0.3, 0.4) is 0 Å². The number of cyclic esters (lactones) is 1. The van der Waals surface area contributed by atoms with E-state index in [0.29, 0.717) is 26.4 Å². The van der Waals surface area contributed by atoms with Crippen molar-refractivity contribution in [2.75, 3.05) is 6.61 Å². The Kier molecular flexibility index (Phi) is 5.02. The van der Waals surface area contributed by atoms with Crippen LogP contribution in [0.1, 0.15) is 13.3 Å². The molecule has 0 radical (unpaired) electrons. The number of ether oxygens (including phenoxy) is 1. The second kappa shape index (κ2) is 6.99. The minimum absolute atomic E-state index is 0.0169. The molecule has 0 N–H and O–H groups in total. The Morgan fingerprint density at radius 3 is 2.64 bits per heavy atom. The van der Waals surface area contributed by atoms with Crippen LogP contribution in [-0.4, -0.2) is 27.5 Å². The molecular weight excluding hydrogens is 407 g/mol. The van der Waals surface area contributed by atoms with Gasteiger partial charge in [0.15, 0.2) is 0 Å². The minimum atomic E-state index is -0.0405. The summed E-state index contributed by atoms with van der Waals surface area (Å²) in [5.74, 6) is -0.0236. The molecule has 0 saturated carbocycles.